The van der Waals surface area contributed by atoms with Crippen LogP contribution in [0.4, 0.5) is 0 Å². The van der Waals surface area contributed by atoms with Crippen molar-refractivity contribution in [2.45, 2.75) is 0 Å². The van der Waals surface area contributed by atoms with Crippen molar-refractivity contribution in [1.82, 2.24) is 0 Å². The molecule has 0 unspecified atom stereocenters. The molecule has 0 fully saturated rings. The molecule has 0 spiro atoms. The Hall–Kier alpha value is 2.05. The molecule has 0 aromatic carbocycles. The molecule has 0 rings (SSSR count). The fourth-order valence-corrected chi connectivity index (χ4v) is 0. The van der Waals surface area contributed by atoms with E-state index < -0.39 is 0 Å². The van der Waals surface area contributed by atoms with E-state index in [4.69, 9.17) is 0.288 Å². The van der Waals surface area contributed by atoms with E-state index in [9.17, 15) is 0 Å². The first-order valence-electron chi connectivity index (χ1n) is 0.109. The van der Waals surface area contributed by atoms with Gasteiger partial charge in [0.2, 0.25) is 0 Å². The van der Waals surface area contributed by atoms with Crippen molar-refractivity contribution < 1.29 is 50.6 Å². The molecule has 0 aromatic rings. The molecule has 4 heavy (non-hydrogen) atoms. The van der Waals surface area contributed by atoms with Crippen molar-refractivity contribution >= 4 is 23.1 Å². The van der Waals surface area contributed by atoms with Crippen LogP contribution >= 0.6 is 0 Å². The maximum atomic E-state index is 8.11. The van der Waals surface area contributed by atoms with Crippen LogP contribution in [0.3, 0.4) is 0 Å². The minimum absolute atomic E-state index is 0. The molecule has 0 aliphatic heterocycles. The number of hydrogen-bond acceptors (Lipinski definition) is 2. The quantitative estimate of drug-likeness (QED) is 0.505. The van der Waals surface area contributed by atoms with Gasteiger partial charge in [0.05, 0.1) is 0 Å². The van der Waals surface area contributed by atoms with Crippen LogP contribution in [-0.2, 0) is 0.288 Å². The summed E-state index contributed by atoms with van der Waals surface area (Å²) >= 11 is 1.44. The summed E-state index contributed by atoms with van der Waals surface area (Å²) < 4.78 is 8.11. The topological polar surface area (TPSA) is 47.1 Å². The van der Waals surface area contributed by atoms with Crippen LogP contribution in [0.1, 0.15) is 0 Å². The van der Waals surface area contributed by atoms with Crippen molar-refractivity contribution in [2.75, 3.05) is 0 Å². The molecular formula is H2MgO2Yb. The average molecular weight is 231 g/mol. The third-order valence-electron chi connectivity index (χ3n) is 0. The van der Waals surface area contributed by atoms with E-state index in [2.05, 4.69) is 0 Å². The van der Waals surface area contributed by atoms with Crippen LogP contribution in [0.15, 0.2) is 0 Å². The van der Waals surface area contributed by atoms with Crippen molar-refractivity contribution in [2.24, 2.45) is 0 Å². The molecule has 0 atom stereocenters. The van der Waals surface area contributed by atoms with Crippen molar-refractivity contribution in [3.05, 3.63) is 0 Å². The fourth-order valence-electron chi connectivity index (χ4n) is 0. The first-order valence-corrected chi connectivity index (χ1v) is 0.809. The van der Waals surface area contributed by atoms with Gasteiger partial charge in [0, 0.05) is 0 Å². The van der Waals surface area contributed by atoms with Gasteiger partial charge in [-0.3, -0.25) is 0 Å². The summed E-state index contributed by atoms with van der Waals surface area (Å²) in [7, 11) is 0. The van der Waals surface area contributed by atoms with E-state index in [1.165, 1.54) is 44.8 Å². The van der Waals surface area contributed by atoms with Crippen LogP contribution in [0, 0.1) is 44.8 Å². The van der Waals surface area contributed by atoms with E-state index in [1.54, 1.807) is 0 Å². The summed E-state index contributed by atoms with van der Waals surface area (Å²) in [6, 6.07) is 0. The van der Waals surface area contributed by atoms with Crippen LogP contribution in [0.25, 0.3) is 0 Å². The van der Waals surface area contributed by atoms with Gasteiger partial charge in [0.25, 0.3) is 0 Å². The van der Waals surface area contributed by atoms with Gasteiger partial charge in [0.1, 0.15) is 0 Å². The van der Waals surface area contributed by atoms with Gasteiger partial charge in [-0.1, -0.05) is 0 Å². The second-order valence-electron chi connectivity index (χ2n) is 0. The molecule has 0 aliphatic rings. The number of rotatable bonds is 0. The van der Waals surface area contributed by atoms with Crippen molar-refractivity contribution in [3.8, 4) is 0 Å². The first kappa shape index (κ1) is 16.6. The monoisotopic (exact) mass is 232 g/mol. The van der Waals surface area contributed by atoms with Gasteiger partial charge in [-0.2, -0.15) is 0 Å². The Morgan fingerprint density at radius 2 is 1.25 bits per heavy atom. The molecule has 0 bridgehead atoms. The Morgan fingerprint density at radius 1 is 1.25 bits per heavy atom. The molecule has 1 N–H and O–H groups in total. The molecule has 4 heteroatoms. The summed E-state index contributed by atoms with van der Waals surface area (Å²) in [5.74, 6) is 0. The standard InChI is InChI=1S/Mg.H2O.O.Yb.H/h;1H2;;;/q+1;;;;/p-1. The van der Waals surface area contributed by atoms with E-state index in [1.807, 2.05) is 0 Å². The third kappa shape index (κ3) is 8.97. The summed E-state index contributed by atoms with van der Waals surface area (Å²) in [6.45, 7) is 0. The zero-order valence-corrected chi connectivity index (χ0v) is 5.84. The van der Waals surface area contributed by atoms with Gasteiger partial charge < -0.3 is 5.48 Å². The van der Waals surface area contributed by atoms with Gasteiger partial charge in [-0.15, -0.1) is 0 Å². The zero-order valence-electron chi connectivity index (χ0n) is 2.12. The number of hydrogen-bond donors (Lipinski definition) is 0. The van der Waals surface area contributed by atoms with Gasteiger partial charge in [-0.05, 0) is 0 Å². The Morgan fingerprint density at radius 3 is 1.25 bits per heavy atom. The molecule has 0 aromatic heterocycles. The summed E-state index contributed by atoms with van der Waals surface area (Å²) in [6.07, 6.45) is 0. The zero-order chi connectivity index (χ0) is 2.00. The molecule has 0 saturated carbocycles. The van der Waals surface area contributed by atoms with E-state index >= 15 is 0 Å². The molecule has 30 valence electrons. The Bertz CT molecular complexity index is 6.00. The van der Waals surface area contributed by atoms with Crippen LogP contribution in [0.5, 0.6) is 0 Å². The van der Waals surface area contributed by atoms with E-state index in [0.29, 0.717) is 0 Å². The summed E-state index contributed by atoms with van der Waals surface area (Å²) in [4.78, 5) is 0. The molecule has 0 amide bonds. The average Bonchev–Trinajstić information content (AvgIpc) is 1.00. The summed E-state index contributed by atoms with van der Waals surface area (Å²) in [5.41, 5.74) is 0. The second-order valence-corrected chi connectivity index (χ2v) is 0. The van der Waals surface area contributed by atoms with E-state index in [0.717, 1.165) is 0 Å². The second kappa shape index (κ2) is 19.7. The molecule has 2 nitrogen and oxygen atoms in total. The fraction of sp³-hybridized carbons (Fsp3) is 0. The Balaban J connectivity index is -0.00000000500. The van der Waals surface area contributed by atoms with Gasteiger partial charge in [0.15, 0.2) is 0 Å². The first-order chi connectivity index (χ1) is 1.00. The van der Waals surface area contributed by atoms with E-state index in [-0.39, 0.29) is 28.5 Å². The summed E-state index contributed by atoms with van der Waals surface area (Å²) in [5, 5.41) is 0. The normalized spacial score (nSPS) is 1.50. The van der Waals surface area contributed by atoms with Crippen LogP contribution in [-0.4, -0.2) is 28.5 Å². The third-order valence-corrected chi connectivity index (χ3v) is 0. The van der Waals surface area contributed by atoms with Gasteiger partial charge >= 0.3 is 68.1 Å². The predicted octanol–water partition coefficient (Wildman–Crippen LogP) is -0.944. The van der Waals surface area contributed by atoms with Crippen molar-refractivity contribution in [1.29, 1.82) is 0 Å². The van der Waals surface area contributed by atoms with Gasteiger partial charge in [-0.25, -0.2) is 0 Å². The molecule has 0 aliphatic carbocycles. The minimum atomic E-state index is 0. The molecule has 0 radical (unpaired) electrons. The predicted molar refractivity (Wildman–Crippen MR) is 9.77 cm³/mol. The van der Waals surface area contributed by atoms with Crippen LogP contribution < -0.4 is 0 Å². The van der Waals surface area contributed by atoms with Crippen LogP contribution in [0.2, 0.25) is 0 Å². The maximum absolute atomic E-state index is 8.11. The Kier molecular flexibility index (Phi) is 81.9. The molecule has 0 saturated heterocycles. The molecular weight excluding hydrogens is 229 g/mol. The Labute approximate surface area is 72.0 Å². The van der Waals surface area contributed by atoms with Crippen molar-refractivity contribution in [3.63, 3.8) is 0 Å². The molecule has 0 heterocycles. The SMILES string of the molecule is [MgH+].[OH-].[O]=[Yb].